The van der Waals surface area contributed by atoms with Crippen molar-refractivity contribution in [2.75, 3.05) is 13.2 Å². The normalized spacial score (nSPS) is 12.0. The fourth-order valence-corrected chi connectivity index (χ4v) is 2.39. The molecule has 8 nitrogen and oxygen atoms in total. The van der Waals surface area contributed by atoms with Gasteiger partial charge >= 0.3 is 6.09 Å². The zero-order chi connectivity index (χ0) is 21.2. The van der Waals surface area contributed by atoms with Gasteiger partial charge in [-0.1, -0.05) is 31.9 Å². The van der Waals surface area contributed by atoms with E-state index in [0.29, 0.717) is 12.0 Å². The highest BCUT2D eigenvalue weighted by atomic mass is 16.6. The molecular formula is C20H31N3O5. The second-order valence-electron chi connectivity index (χ2n) is 7.45. The third-order valence-corrected chi connectivity index (χ3v) is 3.63. The lowest BCUT2D eigenvalue weighted by Crippen LogP contribution is -2.45. The molecule has 0 saturated carbocycles. The van der Waals surface area contributed by atoms with Crippen LogP contribution in [0.25, 0.3) is 0 Å². The van der Waals surface area contributed by atoms with E-state index in [-0.39, 0.29) is 30.9 Å². The van der Waals surface area contributed by atoms with E-state index in [1.807, 2.05) is 6.92 Å². The Hall–Kier alpha value is -2.77. The Labute approximate surface area is 166 Å². The molecule has 1 aromatic carbocycles. The summed E-state index contributed by atoms with van der Waals surface area (Å²) in [5.41, 5.74) is 4.80. The number of hydrogen-bond donors (Lipinski definition) is 3. The van der Waals surface area contributed by atoms with Crippen LogP contribution in [0, 0.1) is 0 Å². The quantitative estimate of drug-likeness (QED) is 0.564. The van der Waals surface area contributed by atoms with E-state index in [0.717, 1.165) is 12.8 Å². The Bertz CT molecular complexity index is 670. The molecule has 0 aliphatic rings. The summed E-state index contributed by atoms with van der Waals surface area (Å²) in [7, 11) is 0. The molecule has 0 unspecified atom stereocenters. The summed E-state index contributed by atoms with van der Waals surface area (Å²) in [5, 5.41) is 5.60. The van der Waals surface area contributed by atoms with Gasteiger partial charge in [0.25, 0.3) is 11.8 Å². The third-order valence-electron chi connectivity index (χ3n) is 3.63. The molecule has 0 aliphatic carbocycles. The van der Waals surface area contributed by atoms with Crippen molar-refractivity contribution in [1.29, 1.82) is 0 Å². The van der Waals surface area contributed by atoms with E-state index >= 15 is 0 Å². The molecule has 0 bridgehead atoms. The average molecular weight is 393 g/mol. The number of carbonyl (C=O) groups excluding carboxylic acids is 3. The highest BCUT2D eigenvalue weighted by Crippen LogP contribution is 2.18. The number of unbranched alkanes of at least 4 members (excludes halogenated alkanes) is 1. The number of amides is 3. The predicted molar refractivity (Wildman–Crippen MR) is 106 cm³/mol. The van der Waals surface area contributed by atoms with E-state index in [4.69, 9.17) is 15.2 Å². The van der Waals surface area contributed by atoms with Crippen LogP contribution in [-0.4, -0.2) is 42.7 Å². The third kappa shape index (κ3) is 9.25. The summed E-state index contributed by atoms with van der Waals surface area (Å²) in [5.74, 6) is -0.710. The summed E-state index contributed by atoms with van der Waals surface area (Å²) < 4.78 is 10.5. The lowest BCUT2D eigenvalue weighted by atomic mass is 10.1. The van der Waals surface area contributed by atoms with E-state index in [1.54, 1.807) is 45.0 Å². The maximum Gasteiger partial charge on any atom is 0.407 e. The SMILES string of the molecule is CCCC[C@@H](CNC(=O)OC(C)(C)C)NC(=O)c1ccccc1OCC(N)=O. The van der Waals surface area contributed by atoms with Crippen molar-refractivity contribution in [3.63, 3.8) is 0 Å². The van der Waals surface area contributed by atoms with Gasteiger partial charge in [-0.05, 0) is 39.3 Å². The van der Waals surface area contributed by atoms with E-state index < -0.39 is 17.6 Å². The van der Waals surface area contributed by atoms with Crippen molar-refractivity contribution in [2.45, 2.75) is 58.6 Å². The zero-order valence-corrected chi connectivity index (χ0v) is 17.0. The molecule has 1 aromatic rings. The molecule has 156 valence electrons. The summed E-state index contributed by atoms with van der Waals surface area (Å²) in [6, 6.07) is 6.32. The molecule has 0 radical (unpaired) electrons. The van der Waals surface area contributed by atoms with Gasteiger partial charge in [0.05, 0.1) is 5.56 Å². The van der Waals surface area contributed by atoms with Crippen molar-refractivity contribution in [3.8, 4) is 5.75 Å². The standard InChI is InChI=1S/C20H31N3O5/c1-5-6-9-14(12-22-19(26)28-20(2,3)4)23-18(25)15-10-7-8-11-16(15)27-13-17(21)24/h7-8,10-11,14H,5-6,9,12-13H2,1-4H3,(H2,21,24)(H,22,26)(H,23,25)/t14-/m0/s1. The van der Waals surface area contributed by atoms with Gasteiger partial charge in [-0.2, -0.15) is 0 Å². The molecule has 28 heavy (non-hydrogen) atoms. The number of primary amides is 1. The van der Waals surface area contributed by atoms with Crippen LogP contribution in [0.5, 0.6) is 5.75 Å². The predicted octanol–water partition coefficient (Wildman–Crippen LogP) is 2.36. The number of rotatable bonds is 10. The van der Waals surface area contributed by atoms with Crippen LogP contribution in [-0.2, 0) is 9.53 Å². The van der Waals surface area contributed by atoms with E-state index in [1.165, 1.54) is 0 Å². The smallest absolute Gasteiger partial charge is 0.407 e. The minimum atomic E-state index is -0.627. The largest absolute Gasteiger partial charge is 0.483 e. The van der Waals surface area contributed by atoms with Crippen LogP contribution < -0.4 is 21.1 Å². The highest BCUT2D eigenvalue weighted by molar-refractivity contribution is 5.97. The number of ether oxygens (including phenoxy) is 2. The summed E-state index contributed by atoms with van der Waals surface area (Å²) in [4.78, 5) is 35.5. The fourth-order valence-electron chi connectivity index (χ4n) is 2.39. The maximum atomic E-state index is 12.7. The van der Waals surface area contributed by atoms with E-state index in [2.05, 4.69) is 10.6 Å². The summed E-state index contributed by atoms with van der Waals surface area (Å²) in [6.45, 7) is 7.33. The van der Waals surface area contributed by atoms with E-state index in [9.17, 15) is 14.4 Å². The number of hydrogen-bond acceptors (Lipinski definition) is 5. The van der Waals surface area contributed by atoms with Crippen LogP contribution in [0.2, 0.25) is 0 Å². The van der Waals surface area contributed by atoms with Gasteiger partial charge in [-0.3, -0.25) is 9.59 Å². The summed E-state index contributed by atoms with van der Waals surface area (Å²) in [6.07, 6.45) is 2.01. The topological polar surface area (TPSA) is 120 Å². The summed E-state index contributed by atoms with van der Waals surface area (Å²) >= 11 is 0. The van der Waals surface area contributed by atoms with Crippen LogP contribution in [0.1, 0.15) is 57.3 Å². The minimum Gasteiger partial charge on any atom is -0.483 e. The number of alkyl carbamates (subject to hydrolysis) is 1. The van der Waals surface area contributed by atoms with Gasteiger partial charge in [0.1, 0.15) is 11.4 Å². The Balaban J connectivity index is 2.76. The maximum absolute atomic E-state index is 12.7. The fraction of sp³-hybridized carbons (Fsp3) is 0.550. The van der Waals surface area contributed by atoms with Crippen molar-refractivity contribution in [1.82, 2.24) is 10.6 Å². The van der Waals surface area contributed by atoms with Crippen LogP contribution in [0.15, 0.2) is 24.3 Å². The first-order valence-electron chi connectivity index (χ1n) is 9.40. The van der Waals surface area contributed by atoms with Crippen molar-refractivity contribution < 1.29 is 23.9 Å². The highest BCUT2D eigenvalue weighted by Gasteiger charge is 2.20. The second-order valence-corrected chi connectivity index (χ2v) is 7.45. The minimum absolute atomic E-state index is 0.241. The van der Waals surface area contributed by atoms with Crippen molar-refractivity contribution in [2.24, 2.45) is 5.73 Å². The van der Waals surface area contributed by atoms with Gasteiger partial charge in [0.2, 0.25) is 0 Å². The van der Waals surface area contributed by atoms with Gasteiger partial charge in [-0.25, -0.2) is 4.79 Å². The van der Waals surface area contributed by atoms with Crippen molar-refractivity contribution >= 4 is 17.9 Å². The first-order chi connectivity index (χ1) is 13.1. The van der Waals surface area contributed by atoms with Crippen LogP contribution in [0.4, 0.5) is 4.79 Å². The number of para-hydroxylation sites is 1. The second kappa shape index (κ2) is 11.2. The lowest BCUT2D eigenvalue weighted by Gasteiger charge is -2.23. The molecule has 1 atom stereocenters. The molecule has 8 heteroatoms. The monoisotopic (exact) mass is 393 g/mol. The molecular weight excluding hydrogens is 362 g/mol. The molecule has 0 spiro atoms. The number of carbonyl (C=O) groups is 3. The number of nitrogens with one attached hydrogen (secondary N) is 2. The van der Waals surface area contributed by atoms with Gasteiger partial charge in [0, 0.05) is 12.6 Å². The molecule has 0 aromatic heterocycles. The molecule has 3 amide bonds. The zero-order valence-electron chi connectivity index (χ0n) is 17.0. The number of nitrogens with two attached hydrogens (primary N) is 1. The lowest BCUT2D eigenvalue weighted by molar-refractivity contribution is -0.119. The first kappa shape index (κ1) is 23.3. The Kier molecular flexibility index (Phi) is 9.27. The Morgan fingerprint density at radius 2 is 1.86 bits per heavy atom. The molecule has 0 heterocycles. The molecule has 4 N–H and O–H groups in total. The van der Waals surface area contributed by atoms with Crippen LogP contribution >= 0.6 is 0 Å². The van der Waals surface area contributed by atoms with Crippen molar-refractivity contribution in [3.05, 3.63) is 29.8 Å². The molecule has 1 rings (SSSR count). The van der Waals surface area contributed by atoms with Gasteiger partial charge < -0.3 is 25.8 Å². The van der Waals surface area contributed by atoms with Crippen LogP contribution in [0.3, 0.4) is 0 Å². The molecule has 0 saturated heterocycles. The van der Waals surface area contributed by atoms with Gasteiger partial charge in [0.15, 0.2) is 6.61 Å². The first-order valence-corrected chi connectivity index (χ1v) is 9.40. The average Bonchev–Trinajstić information content (AvgIpc) is 2.60. The Morgan fingerprint density at radius 1 is 1.18 bits per heavy atom. The number of benzene rings is 1. The molecule has 0 fully saturated rings. The molecule has 0 aliphatic heterocycles. The van der Waals surface area contributed by atoms with Gasteiger partial charge in [-0.15, -0.1) is 0 Å². The Morgan fingerprint density at radius 3 is 2.46 bits per heavy atom.